The van der Waals surface area contributed by atoms with Crippen molar-refractivity contribution in [3.8, 4) is 0 Å². The van der Waals surface area contributed by atoms with Crippen molar-refractivity contribution in [2.45, 2.75) is 17.2 Å². The summed E-state index contributed by atoms with van der Waals surface area (Å²) in [5.41, 5.74) is 0.128. The molecule has 0 aliphatic carbocycles. The molecule has 0 bridgehead atoms. The van der Waals surface area contributed by atoms with Gasteiger partial charge in [-0.15, -0.1) is 0 Å². The molecular formula is C11H14F4N2O2S. The number of nitrogens with one attached hydrogen (secondary N) is 1. The van der Waals surface area contributed by atoms with E-state index in [4.69, 9.17) is 0 Å². The molecule has 0 atom stereocenters. The van der Waals surface area contributed by atoms with Gasteiger partial charge in [0.1, 0.15) is 0 Å². The Morgan fingerprint density at radius 3 is 2.10 bits per heavy atom. The Bertz CT molecular complexity index is 544. The monoisotopic (exact) mass is 314 g/mol. The van der Waals surface area contributed by atoms with Gasteiger partial charge in [-0.1, -0.05) is 0 Å². The lowest BCUT2D eigenvalue weighted by atomic mass is 10.3. The van der Waals surface area contributed by atoms with E-state index in [0.717, 1.165) is 4.31 Å². The first kappa shape index (κ1) is 16.7. The van der Waals surface area contributed by atoms with Crippen molar-refractivity contribution in [1.29, 1.82) is 0 Å². The highest BCUT2D eigenvalue weighted by Crippen LogP contribution is 2.24. The second kappa shape index (κ2) is 5.96. The summed E-state index contributed by atoms with van der Waals surface area (Å²) in [5, 5.41) is 2.14. The lowest BCUT2D eigenvalue weighted by Crippen LogP contribution is -2.34. The standard InChI is InChI=1S/C11H14F4N2O2S/c1-17(2)20(18,19)9-5-3-8(4-6-9)16-7-11(14,15)10(12)13/h3-6,10,16H,7H2,1-2H3. The van der Waals surface area contributed by atoms with Crippen LogP contribution in [0.3, 0.4) is 0 Å². The molecule has 20 heavy (non-hydrogen) atoms. The molecule has 0 spiro atoms. The number of hydrogen-bond acceptors (Lipinski definition) is 3. The maximum Gasteiger partial charge on any atom is 0.324 e. The first-order chi connectivity index (χ1) is 9.07. The highest BCUT2D eigenvalue weighted by molar-refractivity contribution is 7.89. The van der Waals surface area contributed by atoms with Crippen LogP contribution in [-0.4, -0.2) is 45.7 Å². The van der Waals surface area contributed by atoms with Crippen LogP contribution in [0, 0.1) is 0 Å². The molecule has 1 N–H and O–H groups in total. The lowest BCUT2D eigenvalue weighted by molar-refractivity contribution is -0.117. The predicted molar refractivity (Wildman–Crippen MR) is 66.8 cm³/mol. The number of nitrogens with zero attached hydrogens (tertiary/aromatic N) is 1. The van der Waals surface area contributed by atoms with E-state index in [1.807, 2.05) is 0 Å². The zero-order valence-corrected chi connectivity index (χ0v) is 11.6. The van der Waals surface area contributed by atoms with Crippen LogP contribution in [-0.2, 0) is 10.0 Å². The molecule has 1 aromatic carbocycles. The molecule has 0 unspecified atom stereocenters. The van der Waals surface area contributed by atoms with Crippen LogP contribution < -0.4 is 5.32 Å². The summed E-state index contributed by atoms with van der Waals surface area (Å²) in [4.78, 5) is -0.0198. The largest absolute Gasteiger partial charge is 0.379 e. The SMILES string of the molecule is CN(C)S(=O)(=O)c1ccc(NCC(F)(F)C(F)F)cc1. The van der Waals surface area contributed by atoms with Gasteiger partial charge in [0.05, 0.1) is 11.4 Å². The van der Waals surface area contributed by atoms with Gasteiger partial charge >= 0.3 is 12.3 Å². The van der Waals surface area contributed by atoms with Crippen molar-refractivity contribution in [1.82, 2.24) is 4.31 Å². The first-order valence-corrected chi connectivity index (χ1v) is 6.94. The molecule has 1 rings (SSSR count). The minimum Gasteiger partial charge on any atom is -0.379 e. The normalized spacial score (nSPS) is 13.0. The van der Waals surface area contributed by atoms with Crippen LogP contribution >= 0.6 is 0 Å². The molecule has 0 radical (unpaired) electrons. The Morgan fingerprint density at radius 1 is 1.20 bits per heavy atom. The van der Waals surface area contributed by atoms with Crippen molar-refractivity contribution in [3.63, 3.8) is 0 Å². The van der Waals surface area contributed by atoms with Crippen molar-refractivity contribution in [2.24, 2.45) is 0 Å². The third-order valence-corrected chi connectivity index (χ3v) is 4.31. The van der Waals surface area contributed by atoms with Crippen molar-refractivity contribution in [2.75, 3.05) is 26.0 Å². The van der Waals surface area contributed by atoms with Gasteiger partial charge in [0.2, 0.25) is 10.0 Å². The van der Waals surface area contributed by atoms with Gasteiger partial charge in [-0.05, 0) is 24.3 Å². The second-order valence-electron chi connectivity index (χ2n) is 4.23. The maximum absolute atomic E-state index is 12.7. The van der Waals surface area contributed by atoms with Gasteiger partial charge in [-0.25, -0.2) is 21.5 Å². The maximum atomic E-state index is 12.7. The van der Waals surface area contributed by atoms with E-state index in [-0.39, 0.29) is 10.6 Å². The number of sulfonamides is 1. The molecular weight excluding hydrogens is 300 g/mol. The van der Waals surface area contributed by atoms with Crippen LogP contribution in [0.5, 0.6) is 0 Å². The average molecular weight is 314 g/mol. The summed E-state index contributed by atoms with van der Waals surface area (Å²) < 4.78 is 73.8. The summed E-state index contributed by atoms with van der Waals surface area (Å²) in [6.07, 6.45) is -3.76. The van der Waals surface area contributed by atoms with Crippen LogP contribution in [0.25, 0.3) is 0 Å². The van der Waals surface area contributed by atoms with Crippen LogP contribution in [0.15, 0.2) is 29.2 Å². The molecule has 0 aromatic heterocycles. The average Bonchev–Trinajstić information content (AvgIpc) is 2.36. The molecule has 114 valence electrons. The van der Waals surface area contributed by atoms with E-state index in [1.54, 1.807) is 0 Å². The Labute approximate surface area is 114 Å². The molecule has 0 fully saturated rings. The zero-order valence-electron chi connectivity index (χ0n) is 10.8. The zero-order chi connectivity index (χ0) is 15.6. The van der Waals surface area contributed by atoms with Crippen molar-refractivity contribution in [3.05, 3.63) is 24.3 Å². The number of anilines is 1. The highest BCUT2D eigenvalue weighted by Gasteiger charge is 2.40. The molecule has 0 aliphatic rings. The minimum atomic E-state index is -4.14. The van der Waals surface area contributed by atoms with E-state index in [1.165, 1.54) is 38.4 Å². The summed E-state index contributed by atoms with van der Waals surface area (Å²) in [5.74, 6) is -4.14. The number of rotatable bonds is 6. The van der Waals surface area contributed by atoms with Gasteiger partial charge in [0, 0.05) is 19.8 Å². The Morgan fingerprint density at radius 2 is 1.70 bits per heavy atom. The summed E-state index contributed by atoms with van der Waals surface area (Å²) in [7, 11) is -0.909. The van der Waals surface area contributed by atoms with Gasteiger partial charge in [0.25, 0.3) is 0 Å². The summed E-state index contributed by atoms with van der Waals surface area (Å²) in [6.45, 7) is -1.23. The van der Waals surface area contributed by atoms with Crippen molar-refractivity contribution >= 4 is 15.7 Å². The topological polar surface area (TPSA) is 49.4 Å². The van der Waals surface area contributed by atoms with Crippen LogP contribution in [0.2, 0.25) is 0 Å². The van der Waals surface area contributed by atoms with Crippen molar-refractivity contribution < 1.29 is 26.0 Å². The molecule has 0 heterocycles. The number of hydrogen-bond donors (Lipinski definition) is 1. The molecule has 1 aromatic rings. The van der Waals surface area contributed by atoms with Gasteiger partial charge < -0.3 is 5.32 Å². The molecule has 9 heteroatoms. The fraction of sp³-hybridized carbons (Fsp3) is 0.455. The van der Waals surface area contributed by atoms with E-state index < -0.39 is 28.9 Å². The highest BCUT2D eigenvalue weighted by atomic mass is 32.2. The lowest BCUT2D eigenvalue weighted by Gasteiger charge is -2.17. The minimum absolute atomic E-state index is 0.0198. The van der Waals surface area contributed by atoms with E-state index >= 15 is 0 Å². The number of halogens is 4. The Balaban J connectivity index is 2.79. The Hall–Kier alpha value is -1.35. The summed E-state index contributed by atoms with van der Waals surface area (Å²) >= 11 is 0. The Kier molecular flexibility index (Phi) is 4.98. The van der Waals surface area contributed by atoms with E-state index in [2.05, 4.69) is 5.32 Å². The van der Waals surface area contributed by atoms with Gasteiger partial charge in [-0.3, -0.25) is 0 Å². The van der Waals surface area contributed by atoms with E-state index in [9.17, 15) is 26.0 Å². The smallest absolute Gasteiger partial charge is 0.324 e. The van der Waals surface area contributed by atoms with Crippen LogP contribution in [0.4, 0.5) is 23.2 Å². The third-order valence-electron chi connectivity index (χ3n) is 2.48. The fourth-order valence-electron chi connectivity index (χ4n) is 1.25. The molecule has 0 saturated heterocycles. The summed E-state index contributed by atoms with van der Waals surface area (Å²) in [6, 6.07) is 4.88. The van der Waals surface area contributed by atoms with Gasteiger partial charge in [-0.2, -0.15) is 8.78 Å². The molecule has 4 nitrogen and oxygen atoms in total. The molecule has 0 saturated carbocycles. The number of alkyl halides is 4. The quantitative estimate of drug-likeness (QED) is 0.819. The molecule has 0 amide bonds. The predicted octanol–water partition coefficient (Wildman–Crippen LogP) is 2.25. The van der Waals surface area contributed by atoms with Crippen LogP contribution in [0.1, 0.15) is 0 Å². The molecule has 0 aliphatic heterocycles. The fourth-order valence-corrected chi connectivity index (χ4v) is 2.15. The number of benzene rings is 1. The second-order valence-corrected chi connectivity index (χ2v) is 6.38. The third kappa shape index (κ3) is 3.83. The first-order valence-electron chi connectivity index (χ1n) is 5.50. The van der Waals surface area contributed by atoms with Gasteiger partial charge in [0.15, 0.2) is 0 Å². The van der Waals surface area contributed by atoms with E-state index in [0.29, 0.717) is 0 Å².